The molecule has 3 aromatic rings. The first-order valence-electron chi connectivity index (χ1n) is 8.80. The molecule has 2 N–H and O–H groups in total. The van der Waals surface area contributed by atoms with Crippen LogP contribution in [0, 0.1) is 5.82 Å². The molecule has 0 bridgehead atoms. The van der Waals surface area contributed by atoms with Gasteiger partial charge in [-0.3, -0.25) is 5.32 Å². The van der Waals surface area contributed by atoms with Crippen LogP contribution in [-0.4, -0.2) is 23.8 Å². The van der Waals surface area contributed by atoms with E-state index in [1.165, 1.54) is 0 Å². The fraction of sp³-hybridized carbons (Fsp3) is 0.0909. The number of hydrogen-bond acceptors (Lipinski definition) is 3. The minimum atomic E-state index is -1.39. The Morgan fingerprint density at radius 3 is 2.17 bits per heavy atom. The summed E-state index contributed by atoms with van der Waals surface area (Å²) < 4.78 is 19.6. The van der Waals surface area contributed by atoms with Crippen molar-refractivity contribution in [2.75, 3.05) is 11.9 Å². The van der Waals surface area contributed by atoms with Gasteiger partial charge in [-0.2, -0.15) is 0 Å². The Balaban J connectivity index is 1.55. The molecule has 3 aromatic carbocycles. The summed E-state index contributed by atoms with van der Waals surface area (Å²) in [5.41, 5.74) is 3.27. The Bertz CT molecular complexity index is 1090. The molecule has 0 saturated heterocycles. The molecule has 1 aliphatic carbocycles. The maximum atomic E-state index is 14.3. The number of anilines is 1. The largest absolute Gasteiger partial charge is 0.478 e. The van der Waals surface area contributed by atoms with Crippen LogP contribution < -0.4 is 5.32 Å². The highest BCUT2D eigenvalue weighted by Gasteiger charge is 2.29. The lowest BCUT2D eigenvalue weighted by Crippen LogP contribution is -2.20. The van der Waals surface area contributed by atoms with Crippen molar-refractivity contribution in [2.24, 2.45) is 0 Å². The van der Waals surface area contributed by atoms with Gasteiger partial charge in [0.25, 0.3) is 0 Å². The summed E-state index contributed by atoms with van der Waals surface area (Å²) in [6.07, 6.45) is -0.962. The average Bonchev–Trinajstić information content (AvgIpc) is 3.03. The molecule has 0 saturated carbocycles. The van der Waals surface area contributed by atoms with E-state index in [-0.39, 0.29) is 17.5 Å². The first-order valence-corrected chi connectivity index (χ1v) is 9.18. The summed E-state index contributed by atoms with van der Waals surface area (Å²) in [6, 6.07) is 17.9. The van der Waals surface area contributed by atoms with Crippen LogP contribution in [0.3, 0.4) is 0 Å². The van der Waals surface area contributed by atoms with E-state index in [2.05, 4.69) is 5.32 Å². The third kappa shape index (κ3) is 3.43. The van der Waals surface area contributed by atoms with Gasteiger partial charge in [0, 0.05) is 5.92 Å². The molecule has 29 heavy (non-hydrogen) atoms. The average molecular weight is 412 g/mol. The number of carbonyl (C=O) groups excluding carboxylic acids is 1. The number of carboxylic acids is 1. The van der Waals surface area contributed by atoms with Crippen molar-refractivity contribution in [2.45, 2.75) is 5.92 Å². The first-order chi connectivity index (χ1) is 14.0. The van der Waals surface area contributed by atoms with E-state index >= 15 is 0 Å². The number of benzene rings is 3. The van der Waals surface area contributed by atoms with Crippen LogP contribution in [0.5, 0.6) is 0 Å². The smallest absolute Gasteiger partial charge is 0.411 e. The number of nitrogens with one attached hydrogen (secondary N) is 1. The van der Waals surface area contributed by atoms with Crippen molar-refractivity contribution < 1.29 is 23.8 Å². The third-order valence-electron chi connectivity index (χ3n) is 4.90. The van der Waals surface area contributed by atoms with E-state index in [4.69, 9.17) is 16.3 Å². The van der Waals surface area contributed by atoms with Gasteiger partial charge in [0.1, 0.15) is 6.61 Å². The van der Waals surface area contributed by atoms with Gasteiger partial charge in [-0.25, -0.2) is 14.0 Å². The number of ether oxygens (including phenoxy) is 1. The van der Waals surface area contributed by atoms with Crippen molar-refractivity contribution >= 4 is 29.4 Å². The lowest BCUT2D eigenvalue weighted by atomic mass is 9.98. The second kappa shape index (κ2) is 7.56. The summed E-state index contributed by atoms with van der Waals surface area (Å²) in [7, 11) is 0. The predicted octanol–water partition coefficient (Wildman–Crippen LogP) is 5.54. The van der Waals surface area contributed by atoms with Crippen LogP contribution in [0.2, 0.25) is 5.02 Å². The van der Waals surface area contributed by atoms with E-state index in [0.29, 0.717) is 0 Å². The van der Waals surface area contributed by atoms with Crippen molar-refractivity contribution in [3.8, 4) is 11.1 Å². The molecule has 1 aliphatic rings. The van der Waals surface area contributed by atoms with E-state index < -0.39 is 29.1 Å². The van der Waals surface area contributed by atoms with Crippen molar-refractivity contribution in [1.29, 1.82) is 0 Å². The van der Waals surface area contributed by atoms with Gasteiger partial charge in [-0.15, -0.1) is 0 Å². The Hall–Kier alpha value is -3.38. The van der Waals surface area contributed by atoms with Crippen LogP contribution in [0.1, 0.15) is 27.4 Å². The topological polar surface area (TPSA) is 75.6 Å². The van der Waals surface area contributed by atoms with Crippen LogP contribution in [0.15, 0.2) is 60.7 Å². The number of rotatable bonds is 4. The van der Waals surface area contributed by atoms with Crippen LogP contribution in [-0.2, 0) is 4.74 Å². The zero-order valence-corrected chi connectivity index (χ0v) is 15.7. The van der Waals surface area contributed by atoms with Crippen molar-refractivity contribution in [3.05, 3.63) is 88.2 Å². The lowest BCUT2D eigenvalue weighted by molar-refractivity contribution is 0.0697. The fourth-order valence-corrected chi connectivity index (χ4v) is 3.75. The second-order valence-corrected chi connectivity index (χ2v) is 6.95. The van der Waals surface area contributed by atoms with Crippen LogP contribution >= 0.6 is 11.6 Å². The Kier molecular flexibility index (Phi) is 4.94. The van der Waals surface area contributed by atoms with Crippen molar-refractivity contribution in [3.63, 3.8) is 0 Å². The molecule has 146 valence electrons. The van der Waals surface area contributed by atoms with Gasteiger partial charge in [-0.05, 0) is 34.4 Å². The van der Waals surface area contributed by atoms with Gasteiger partial charge in [0.05, 0.1) is 16.3 Å². The second-order valence-electron chi connectivity index (χ2n) is 6.54. The van der Waals surface area contributed by atoms with E-state index in [9.17, 15) is 19.1 Å². The highest BCUT2D eigenvalue weighted by Crippen LogP contribution is 2.44. The molecule has 1 amide bonds. The predicted molar refractivity (Wildman–Crippen MR) is 107 cm³/mol. The Morgan fingerprint density at radius 1 is 1.00 bits per heavy atom. The molecule has 7 heteroatoms. The molecule has 0 aliphatic heterocycles. The molecule has 0 unspecified atom stereocenters. The molecular weight excluding hydrogens is 397 g/mol. The summed E-state index contributed by atoms with van der Waals surface area (Å²) >= 11 is 5.71. The maximum absolute atomic E-state index is 14.3. The van der Waals surface area contributed by atoms with E-state index in [1.807, 2.05) is 48.5 Å². The molecule has 0 atom stereocenters. The zero-order valence-electron chi connectivity index (χ0n) is 15.0. The summed E-state index contributed by atoms with van der Waals surface area (Å²) in [4.78, 5) is 23.6. The van der Waals surface area contributed by atoms with Gasteiger partial charge < -0.3 is 9.84 Å². The highest BCUT2D eigenvalue weighted by molar-refractivity contribution is 6.31. The molecule has 0 heterocycles. The van der Waals surface area contributed by atoms with E-state index in [0.717, 1.165) is 34.4 Å². The molecule has 0 fully saturated rings. The molecule has 5 nitrogen and oxygen atoms in total. The maximum Gasteiger partial charge on any atom is 0.411 e. The summed E-state index contributed by atoms with van der Waals surface area (Å²) in [6.45, 7) is 0.0183. The summed E-state index contributed by atoms with van der Waals surface area (Å²) in [5.74, 6) is -2.59. The highest BCUT2D eigenvalue weighted by atomic mass is 35.5. The standard InChI is InChI=1S/C22H15ClFNO4/c23-18-10-9-16(21(26)27)20(19(18)24)25-22(28)29-11-17-14-7-3-1-5-12(14)13-6-2-4-8-15(13)17/h1-10,17H,11H2,(H,25,28)(H,26,27). The SMILES string of the molecule is O=C(Nc1c(C(=O)O)ccc(Cl)c1F)OCC1c2ccccc2-c2ccccc21. The number of carboxylic acid groups (broad SMARTS) is 1. The number of carbonyl (C=O) groups is 2. The summed E-state index contributed by atoms with van der Waals surface area (Å²) in [5, 5.41) is 11.1. The van der Waals surface area contributed by atoms with Gasteiger partial charge in [0.2, 0.25) is 0 Å². The molecular formula is C22H15ClFNO4. The lowest BCUT2D eigenvalue weighted by Gasteiger charge is -2.15. The van der Waals surface area contributed by atoms with Gasteiger partial charge in [-0.1, -0.05) is 60.1 Å². The minimum Gasteiger partial charge on any atom is -0.478 e. The third-order valence-corrected chi connectivity index (χ3v) is 5.19. The Labute approximate surface area is 170 Å². The van der Waals surface area contributed by atoms with Crippen LogP contribution in [0.25, 0.3) is 11.1 Å². The minimum absolute atomic E-state index is 0.0183. The van der Waals surface area contributed by atoms with E-state index in [1.54, 1.807) is 0 Å². The monoisotopic (exact) mass is 411 g/mol. The molecule has 0 aromatic heterocycles. The fourth-order valence-electron chi connectivity index (χ4n) is 3.59. The zero-order chi connectivity index (χ0) is 20.5. The number of amides is 1. The number of hydrogen-bond donors (Lipinski definition) is 2. The number of fused-ring (bicyclic) bond motifs is 3. The molecule has 0 radical (unpaired) electrons. The molecule has 4 rings (SSSR count). The quantitative estimate of drug-likeness (QED) is 0.591. The molecule has 0 spiro atoms. The number of halogens is 2. The van der Waals surface area contributed by atoms with Crippen LogP contribution in [0.4, 0.5) is 14.9 Å². The van der Waals surface area contributed by atoms with Gasteiger partial charge in [0.15, 0.2) is 5.82 Å². The van der Waals surface area contributed by atoms with Gasteiger partial charge >= 0.3 is 12.1 Å². The normalized spacial score (nSPS) is 12.2. The van der Waals surface area contributed by atoms with Crippen molar-refractivity contribution in [1.82, 2.24) is 0 Å². The Morgan fingerprint density at radius 2 is 1.59 bits per heavy atom. The number of aromatic carboxylic acids is 1. The first kappa shape index (κ1) is 19.0.